The van der Waals surface area contributed by atoms with E-state index in [2.05, 4.69) is 26.0 Å². The maximum absolute atomic E-state index is 11.3. The summed E-state index contributed by atoms with van der Waals surface area (Å²) in [5, 5.41) is 9.26. The molecule has 0 aliphatic rings. The summed E-state index contributed by atoms with van der Waals surface area (Å²) in [5.74, 6) is -0.808. The lowest BCUT2D eigenvalue weighted by Crippen LogP contribution is -2.28. The van der Waals surface area contributed by atoms with Crippen LogP contribution in [-0.2, 0) is 10.2 Å². The van der Waals surface area contributed by atoms with Crippen molar-refractivity contribution in [2.75, 3.05) is 0 Å². The van der Waals surface area contributed by atoms with Crippen molar-refractivity contribution < 1.29 is 9.90 Å². The Morgan fingerprint density at radius 2 is 1.60 bits per heavy atom. The fraction of sp³-hybridized carbons (Fsp3) is 0.278. The van der Waals surface area contributed by atoms with E-state index in [-0.39, 0.29) is 0 Å². The Balaban J connectivity index is 2.43. The predicted molar refractivity (Wildman–Crippen MR) is 82.0 cm³/mol. The van der Waals surface area contributed by atoms with Crippen molar-refractivity contribution in [2.24, 2.45) is 0 Å². The van der Waals surface area contributed by atoms with Crippen molar-refractivity contribution in [1.82, 2.24) is 0 Å². The Morgan fingerprint density at radius 1 is 1.00 bits per heavy atom. The van der Waals surface area contributed by atoms with Crippen LogP contribution in [0.4, 0.5) is 0 Å². The summed E-state index contributed by atoms with van der Waals surface area (Å²) in [6, 6.07) is 14.1. The summed E-state index contributed by atoms with van der Waals surface area (Å²) in [6.07, 6.45) is 0. The molecule has 2 aromatic carbocycles. The zero-order valence-corrected chi connectivity index (χ0v) is 12.4. The molecular weight excluding hydrogens is 248 g/mol. The average molecular weight is 268 g/mol. The second-order valence-corrected chi connectivity index (χ2v) is 5.75. The van der Waals surface area contributed by atoms with Gasteiger partial charge in [0.25, 0.3) is 0 Å². The minimum atomic E-state index is -0.861. The highest BCUT2D eigenvalue weighted by Gasteiger charge is 2.29. The monoisotopic (exact) mass is 268 g/mol. The van der Waals surface area contributed by atoms with Gasteiger partial charge in [0.1, 0.15) is 0 Å². The maximum atomic E-state index is 11.3. The number of carboxylic acids is 1. The lowest BCUT2D eigenvalue weighted by molar-refractivity contribution is -0.142. The largest absolute Gasteiger partial charge is 0.481 e. The van der Waals surface area contributed by atoms with Crippen LogP contribution in [0.1, 0.15) is 30.5 Å². The van der Waals surface area contributed by atoms with Crippen LogP contribution in [0.15, 0.2) is 42.5 Å². The summed E-state index contributed by atoms with van der Waals surface area (Å²) >= 11 is 0. The number of hydrogen-bond donors (Lipinski definition) is 1. The molecule has 2 rings (SSSR count). The van der Waals surface area contributed by atoms with E-state index >= 15 is 0 Å². The molecule has 0 saturated heterocycles. The molecule has 0 bridgehead atoms. The van der Waals surface area contributed by atoms with Gasteiger partial charge in [0.15, 0.2) is 0 Å². The molecule has 0 radical (unpaired) electrons. The van der Waals surface area contributed by atoms with Crippen LogP contribution in [0.25, 0.3) is 11.1 Å². The minimum Gasteiger partial charge on any atom is -0.481 e. The normalized spacial score (nSPS) is 11.4. The third kappa shape index (κ3) is 2.46. The van der Waals surface area contributed by atoms with Gasteiger partial charge in [-0.3, -0.25) is 4.79 Å². The van der Waals surface area contributed by atoms with Crippen molar-refractivity contribution in [2.45, 2.75) is 33.1 Å². The Hall–Kier alpha value is -2.09. The number of hydrogen-bond acceptors (Lipinski definition) is 1. The Labute approximate surface area is 120 Å². The highest BCUT2D eigenvalue weighted by molar-refractivity contribution is 5.80. The van der Waals surface area contributed by atoms with Gasteiger partial charge in [-0.25, -0.2) is 0 Å². The fourth-order valence-corrected chi connectivity index (χ4v) is 2.25. The zero-order chi connectivity index (χ0) is 14.9. The van der Waals surface area contributed by atoms with Gasteiger partial charge in [0, 0.05) is 0 Å². The molecule has 0 fully saturated rings. The number of benzene rings is 2. The SMILES string of the molecule is Cc1cccc(-c2ccc(C(C)(C)C(=O)O)cc2)c1C. The summed E-state index contributed by atoms with van der Waals surface area (Å²) in [4.78, 5) is 11.3. The second kappa shape index (κ2) is 5.12. The van der Waals surface area contributed by atoms with E-state index in [1.54, 1.807) is 13.8 Å². The number of aliphatic carboxylic acids is 1. The Morgan fingerprint density at radius 3 is 2.15 bits per heavy atom. The van der Waals surface area contributed by atoms with E-state index in [0.29, 0.717) is 0 Å². The van der Waals surface area contributed by atoms with Crippen molar-refractivity contribution in [3.8, 4) is 11.1 Å². The van der Waals surface area contributed by atoms with Gasteiger partial charge < -0.3 is 5.11 Å². The molecule has 0 amide bonds. The molecule has 0 spiro atoms. The van der Waals surface area contributed by atoms with Crippen LogP contribution in [0.3, 0.4) is 0 Å². The number of rotatable bonds is 3. The van der Waals surface area contributed by atoms with Gasteiger partial charge >= 0.3 is 5.97 Å². The Kier molecular flexibility index (Phi) is 3.67. The molecule has 20 heavy (non-hydrogen) atoms. The van der Waals surface area contributed by atoms with Gasteiger partial charge in [0.05, 0.1) is 5.41 Å². The molecule has 0 saturated carbocycles. The number of carboxylic acid groups (broad SMARTS) is 1. The molecule has 2 heteroatoms. The van der Waals surface area contributed by atoms with E-state index in [1.165, 1.54) is 16.7 Å². The summed E-state index contributed by atoms with van der Waals surface area (Å²) in [6.45, 7) is 7.66. The van der Waals surface area contributed by atoms with Gasteiger partial charge in [0.2, 0.25) is 0 Å². The average Bonchev–Trinajstić information content (AvgIpc) is 2.42. The lowest BCUT2D eigenvalue weighted by atomic mass is 9.84. The maximum Gasteiger partial charge on any atom is 0.313 e. The summed E-state index contributed by atoms with van der Waals surface area (Å²) < 4.78 is 0. The van der Waals surface area contributed by atoms with E-state index in [4.69, 9.17) is 0 Å². The predicted octanol–water partition coefficient (Wildman–Crippen LogP) is 4.33. The van der Waals surface area contributed by atoms with E-state index in [9.17, 15) is 9.90 Å². The fourth-order valence-electron chi connectivity index (χ4n) is 2.25. The molecule has 0 aromatic heterocycles. The van der Waals surface area contributed by atoms with Crippen LogP contribution >= 0.6 is 0 Å². The third-order valence-corrected chi connectivity index (χ3v) is 4.06. The summed E-state index contributed by atoms with van der Waals surface area (Å²) in [5.41, 5.74) is 4.80. The minimum absolute atomic E-state index is 0.808. The number of aryl methyl sites for hydroxylation is 1. The van der Waals surface area contributed by atoms with Crippen molar-refractivity contribution in [1.29, 1.82) is 0 Å². The molecule has 0 heterocycles. The van der Waals surface area contributed by atoms with Crippen LogP contribution in [0, 0.1) is 13.8 Å². The zero-order valence-electron chi connectivity index (χ0n) is 12.4. The number of carbonyl (C=O) groups is 1. The Bertz CT molecular complexity index is 637. The smallest absolute Gasteiger partial charge is 0.313 e. The molecule has 0 unspecified atom stereocenters. The molecule has 2 aromatic rings. The van der Waals surface area contributed by atoms with E-state index < -0.39 is 11.4 Å². The molecule has 1 N–H and O–H groups in total. The van der Waals surface area contributed by atoms with Gasteiger partial charge in [-0.15, -0.1) is 0 Å². The van der Waals surface area contributed by atoms with Crippen LogP contribution in [0.2, 0.25) is 0 Å². The van der Waals surface area contributed by atoms with Crippen molar-refractivity contribution >= 4 is 5.97 Å². The molecule has 0 atom stereocenters. The van der Waals surface area contributed by atoms with Crippen LogP contribution in [-0.4, -0.2) is 11.1 Å². The van der Waals surface area contributed by atoms with Crippen molar-refractivity contribution in [3.05, 3.63) is 59.2 Å². The lowest BCUT2D eigenvalue weighted by Gasteiger charge is -2.20. The van der Waals surface area contributed by atoms with E-state index in [1.807, 2.05) is 30.3 Å². The quantitative estimate of drug-likeness (QED) is 0.899. The second-order valence-electron chi connectivity index (χ2n) is 5.75. The van der Waals surface area contributed by atoms with Crippen LogP contribution in [0.5, 0.6) is 0 Å². The molecule has 2 nitrogen and oxygen atoms in total. The standard InChI is InChI=1S/C18H20O2/c1-12-6-5-7-16(13(12)2)14-8-10-15(11-9-14)18(3,4)17(19)20/h5-11H,1-4H3,(H,19,20). The first kappa shape index (κ1) is 14.3. The first-order valence-corrected chi connectivity index (χ1v) is 6.74. The van der Waals surface area contributed by atoms with Gasteiger partial charge in [-0.2, -0.15) is 0 Å². The molecule has 104 valence electrons. The molecule has 0 aliphatic carbocycles. The highest BCUT2D eigenvalue weighted by atomic mass is 16.4. The third-order valence-electron chi connectivity index (χ3n) is 4.06. The van der Waals surface area contributed by atoms with Crippen molar-refractivity contribution in [3.63, 3.8) is 0 Å². The van der Waals surface area contributed by atoms with Gasteiger partial charge in [-0.05, 0) is 55.5 Å². The molecular formula is C18H20O2. The first-order chi connectivity index (χ1) is 9.34. The first-order valence-electron chi connectivity index (χ1n) is 6.74. The topological polar surface area (TPSA) is 37.3 Å². The molecule has 0 aliphatic heterocycles. The van der Waals surface area contributed by atoms with E-state index in [0.717, 1.165) is 11.1 Å². The van der Waals surface area contributed by atoms with Crippen LogP contribution < -0.4 is 0 Å². The van der Waals surface area contributed by atoms with Gasteiger partial charge in [-0.1, -0.05) is 42.5 Å². The highest BCUT2D eigenvalue weighted by Crippen LogP contribution is 2.29. The summed E-state index contributed by atoms with van der Waals surface area (Å²) in [7, 11) is 0.